The van der Waals surface area contributed by atoms with Gasteiger partial charge >= 0.3 is 6.09 Å². The molecule has 98 valence electrons. The summed E-state index contributed by atoms with van der Waals surface area (Å²) in [6, 6.07) is 1.16. The zero-order valence-corrected chi connectivity index (χ0v) is 11.0. The topological polar surface area (TPSA) is 53.6 Å². The van der Waals surface area contributed by atoms with Crippen LogP contribution in [0.15, 0.2) is 0 Å². The predicted octanol–water partition coefficient (Wildman–Crippen LogP) is 1.25. The van der Waals surface area contributed by atoms with Crippen LogP contribution in [0.1, 0.15) is 40.0 Å². The lowest BCUT2D eigenvalue weighted by Gasteiger charge is -2.21. The van der Waals surface area contributed by atoms with E-state index in [1.807, 2.05) is 20.8 Å². The lowest BCUT2D eigenvalue weighted by atomic mass is 10.2. The van der Waals surface area contributed by atoms with Crippen molar-refractivity contribution in [3.05, 3.63) is 0 Å². The Hall–Kier alpha value is -0.810. The van der Waals surface area contributed by atoms with Gasteiger partial charge in [-0.1, -0.05) is 0 Å². The number of hydrogen-bond acceptors (Lipinski definition) is 4. The van der Waals surface area contributed by atoms with Gasteiger partial charge in [-0.05, 0) is 40.0 Å². The minimum atomic E-state index is -0.443. The van der Waals surface area contributed by atoms with Crippen molar-refractivity contribution in [1.82, 2.24) is 15.8 Å². The van der Waals surface area contributed by atoms with Crippen LogP contribution in [0.25, 0.3) is 0 Å². The summed E-state index contributed by atoms with van der Waals surface area (Å²) in [5, 5.41) is 0. The van der Waals surface area contributed by atoms with Gasteiger partial charge in [-0.25, -0.2) is 10.2 Å². The number of hydrogen-bond donors (Lipinski definition) is 2. The SMILES string of the molecule is CC(C)(C)OC(=O)NNC1CCN(C2CC2)C1. The van der Waals surface area contributed by atoms with Crippen LogP contribution in [0, 0.1) is 0 Å². The minimum absolute atomic E-state index is 0.350. The molecule has 1 heterocycles. The third-order valence-corrected chi connectivity index (χ3v) is 3.06. The first kappa shape index (κ1) is 12.6. The molecule has 1 saturated carbocycles. The van der Waals surface area contributed by atoms with E-state index < -0.39 is 11.7 Å². The second-order valence-corrected chi connectivity index (χ2v) is 5.98. The fourth-order valence-electron chi connectivity index (χ4n) is 2.14. The molecule has 0 aromatic heterocycles. The van der Waals surface area contributed by atoms with Crippen LogP contribution < -0.4 is 10.9 Å². The number of likely N-dealkylation sites (tertiary alicyclic amines) is 1. The zero-order valence-electron chi connectivity index (χ0n) is 11.0. The summed E-state index contributed by atoms with van der Waals surface area (Å²) in [5.74, 6) is 0. The highest BCUT2D eigenvalue weighted by Gasteiger charge is 2.34. The van der Waals surface area contributed by atoms with E-state index in [1.165, 1.54) is 12.8 Å². The van der Waals surface area contributed by atoms with Gasteiger partial charge in [-0.3, -0.25) is 10.3 Å². The van der Waals surface area contributed by atoms with Gasteiger partial charge < -0.3 is 4.74 Å². The first-order valence-corrected chi connectivity index (χ1v) is 6.42. The Kier molecular flexibility index (Phi) is 3.58. The van der Waals surface area contributed by atoms with E-state index in [-0.39, 0.29) is 0 Å². The second kappa shape index (κ2) is 4.82. The smallest absolute Gasteiger partial charge is 0.422 e. The highest BCUT2D eigenvalue weighted by Crippen LogP contribution is 2.29. The number of nitrogens with one attached hydrogen (secondary N) is 2. The van der Waals surface area contributed by atoms with Crippen molar-refractivity contribution in [1.29, 1.82) is 0 Å². The average Bonchev–Trinajstić information content (AvgIpc) is 2.93. The summed E-state index contributed by atoms with van der Waals surface area (Å²) in [6.45, 7) is 7.74. The van der Waals surface area contributed by atoms with Gasteiger partial charge in [0.2, 0.25) is 0 Å². The van der Waals surface area contributed by atoms with Crippen LogP contribution in [0.5, 0.6) is 0 Å². The Balaban J connectivity index is 1.63. The van der Waals surface area contributed by atoms with Gasteiger partial charge in [-0.2, -0.15) is 0 Å². The van der Waals surface area contributed by atoms with Gasteiger partial charge in [0.05, 0.1) is 0 Å². The summed E-state index contributed by atoms with van der Waals surface area (Å²) in [5.41, 5.74) is 5.23. The molecule has 0 aromatic carbocycles. The van der Waals surface area contributed by atoms with Crippen LogP contribution in [0.3, 0.4) is 0 Å². The maximum Gasteiger partial charge on any atom is 0.422 e. The number of nitrogens with zero attached hydrogens (tertiary/aromatic N) is 1. The molecule has 2 rings (SSSR count). The first-order chi connectivity index (χ1) is 7.94. The van der Waals surface area contributed by atoms with E-state index in [1.54, 1.807) is 0 Å². The molecule has 1 atom stereocenters. The number of hydrazine groups is 1. The standard InChI is InChI=1S/C12H23N3O2/c1-12(2,3)17-11(16)14-13-9-6-7-15(8-9)10-4-5-10/h9-10,13H,4-8H2,1-3H3,(H,14,16). The molecule has 17 heavy (non-hydrogen) atoms. The Labute approximate surface area is 103 Å². The van der Waals surface area contributed by atoms with Gasteiger partial charge in [0.15, 0.2) is 0 Å². The third kappa shape index (κ3) is 4.16. The average molecular weight is 241 g/mol. The van der Waals surface area contributed by atoms with Gasteiger partial charge in [0.25, 0.3) is 0 Å². The van der Waals surface area contributed by atoms with Crippen LogP contribution >= 0.6 is 0 Å². The largest absolute Gasteiger partial charge is 0.443 e. The second-order valence-electron chi connectivity index (χ2n) is 5.98. The van der Waals surface area contributed by atoms with Gasteiger partial charge in [0, 0.05) is 25.2 Å². The zero-order chi connectivity index (χ0) is 12.5. The van der Waals surface area contributed by atoms with E-state index in [0.29, 0.717) is 6.04 Å². The molecule has 0 aromatic rings. The third-order valence-electron chi connectivity index (χ3n) is 3.06. The molecule has 1 saturated heterocycles. The summed E-state index contributed by atoms with van der Waals surface area (Å²) < 4.78 is 5.16. The number of rotatable bonds is 3. The van der Waals surface area contributed by atoms with Crippen LogP contribution in [-0.4, -0.2) is 41.8 Å². The Morgan fingerprint density at radius 2 is 2.00 bits per heavy atom. The molecule has 2 N–H and O–H groups in total. The lowest BCUT2D eigenvalue weighted by molar-refractivity contribution is 0.0488. The van der Waals surface area contributed by atoms with E-state index in [9.17, 15) is 4.79 Å². The fourth-order valence-corrected chi connectivity index (χ4v) is 2.14. The molecule has 5 nitrogen and oxygen atoms in total. The summed E-state index contributed by atoms with van der Waals surface area (Å²) in [6.07, 6.45) is 3.37. The van der Waals surface area contributed by atoms with Gasteiger partial charge in [0.1, 0.15) is 5.60 Å². The van der Waals surface area contributed by atoms with Crippen molar-refractivity contribution >= 4 is 6.09 Å². The van der Waals surface area contributed by atoms with Crippen molar-refractivity contribution < 1.29 is 9.53 Å². The molecule has 2 aliphatic rings. The van der Waals surface area contributed by atoms with Crippen molar-refractivity contribution in [2.75, 3.05) is 13.1 Å². The maximum atomic E-state index is 11.4. The molecule has 0 radical (unpaired) electrons. The highest BCUT2D eigenvalue weighted by atomic mass is 16.6. The Bertz CT molecular complexity index is 284. The van der Waals surface area contributed by atoms with Gasteiger partial charge in [-0.15, -0.1) is 0 Å². The molecular formula is C12H23N3O2. The molecule has 1 unspecified atom stereocenters. The van der Waals surface area contributed by atoms with E-state index in [0.717, 1.165) is 25.6 Å². The van der Waals surface area contributed by atoms with Crippen molar-refractivity contribution in [2.24, 2.45) is 0 Å². The molecule has 1 amide bonds. The summed E-state index contributed by atoms with van der Waals surface area (Å²) >= 11 is 0. The van der Waals surface area contributed by atoms with E-state index in [2.05, 4.69) is 15.8 Å². The van der Waals surface area contributed by atoms with E-state index >= 15 is 0 Å². The molecule has 1 aliphatic carbocycles. The normalized spacial score (nSPS) is 25.9. The Morgan fingerprint density at radius 1 is 1.29 bits per heavy atom. The monoisotopic (exact) mass is 241 g/mol. The molecule has 0 bridgehead atoms. The van der Waals surface area contributed by atoms with Crippen LogP contribution in [0.4, 0.5) is 4.79 Å². The number of amides is 1. The quantitative estimate of drug-likeness (QED) is 0.730. The molecule has 5 heteroatoms. The minimum Gasteiger partial charge on any atom is -0.443 e. The van der Waals surface area contributed by atoms with E-state index in [4.69, 9.17) is 4.74 Å². The van der Waals surface area contributed by atoms with Crippen molar-refractivity contribution in [2.45, 2.75) is 57.7 Å². The van der Waals surface area contributed by atoms with Crippen LogP contribution in [-0.2, 0) is 4.74 Å². The summed E-state index contributed by atoms with van der Waals surface area (Å²) in [7, 11) is 0. The molecule has 0 spiro atoms. The van der Waals surface area contributed by atoms with Crippen LogP contribution in [0.2, 0.25) is 0 Å². The highest BCUT2D eigenvalue weighted by molar-refractivity contribution is 5.67. The maximum absolute atomic E-state index is 11.4. The lowest BCUT2D eigenvalue weighted by Crippen LogP contribution is -2.47. The number of ether oxygens (including phenoxy) is 1. The molecule has 1 aliphatic heterocycles. The molecular weight excluding hydrogens is 218 g/mol. The number of carbonyl (C=O) groups is 1. The number of carbonyl (C=O) groups excluding carboxylic acids is 1. The Morgan fingerprint density at radius 3 is 2.59 bits per heavy atom. The van der Waals surface area contributed by atoms with Crippen molar-refractivity contribution in [3.63, 3.8) is 0 Å². The predicted molar refractivity (Wildman–Crippen MR) is 65.5 cm³/mol. The summed E-state index contributed by atoms with van der Waals surface area (Å²) in [4.78, 5) is 13.9. The van der Waals surface area contributed by atoms with Crippen molar-refractivity contribution in [3.8, 4) is 0 Å². The first-order valence-electron chi connectivity index (χ1n) is 6.42. The fraction of sp³-hybridized carbons (Fsp3) is 0.917. The molecule has 2 fully saturated rings.